The second kappa shape index (κ2) is 137. The fourth-order valence-corrected chi connectivity index (χ4v) is 8.03. The van der Waals surface area contributed by atoms with Crippen LogP contribution >= 0.6 is 22.3 Å². The number of piperidine rings is 4. The van der Waals surface area contributed by atoms with Gasteiger partial charge in [0.15, 0.2) is 0 Å². The number of nitrogens with zero attached hydrogens (tertiary/aromatic N) is 4. The SMILES string of the molecule is C.C.C.C.CC1CCCCN1.[B].[B].[B].[B].[CH2-]CCCC.[CH2-]CCCC.[CH2-]CCCC.[CH2-]CCCC.[CH2-]CCCC.[CH2-]CCCC.[CH2-]N=C=O.[CH2-]NC(=O)N1CCCCC1C.[CH2-]OC(=O)Cl.[CH2-]OC(=O)N1CCCCC1C.[CH2-]S(=O)(=O)Cl.[CH2-]S(=O)(=O)N1CCCCC1C.[Y].[Y].[Y].[Y].[Y].[Y]. The van der Waals surface area contributed by atoms with E-state index >= 15 is 0 Å². The van der Waals surface area contributed by atoms with Crippen molar-refractivity contribution in [1.29, 1.82) is 0 Å². The quantitative estimate of drug-likeness (QED) is 0.0584. The van der Waals surface area contributed by atoms with E-state index in [-0.39, 0.29) is 278 Å². The molecule has 16 nitrogen and oxygen atoms in total. The van der Waals surface area contributed by atoms with Gasteiger partial charge < -0.3 is 81.2 Å². The predicted octanol–water partition coefficient (Wildman–Crippen LogP) is 20.0. The van der Waals surface area contributed by atoms with Gasteiger partial charge in [-0.1, -0.05) is 161 Å². The molecule has 574 valence electrons. The summed E-state index contributed by atoms with van der Waals surface area (Å²) in [7, 11) is 9.72. The number of carbonyl (C=O) groups excluding carboxylic acids is 4. The third kappa shape index (κ3) is 161. The molecule has 4 atom stereocenters. The van der Waals surface area contributed by atoms with E-state index in [1.54, 1.807) is 4.90 Å². The zero-order chi connectivity index (χ0) is 67.1. The Kier molecular flexibility index (Phi) is 234. The molecule has 4 saturated heterocycles. The van der Waals surface area contributed by atoms with Crippen molar-refractivity contribution in [2.45, 2.75) is 316 Å². The third-order valence-corrected chi connectivity index (χ3v) is 13.2. The molecule has 3 amide bonds. The molecule has 0 bridgehead atoms. The zero-order valence-corrected chi connectivity index (χ0v) is 81.2. The fourth-order valence-electron chi connectivity index (χ4n) is 6.96. The molecule has 18 radical (unpaired) electrons. The van der Waals surface area contributed by atoms with Crippen molar-refractivity contribution in [3.05, 3.63) is 82.4 Å². The maximum absolute atomic E-state index is 11.1. The summed E-state index contributed by atoms with van der Waals surface area (Å²) in [6, 6.07) is 1.58. The Bertz CT molecular complexity index is 1550. The van der Waals surface area contributed by atoms with Gasteiger partial charge >= 0.3 is 11.5 Å². The summed E-state index contributed by atoms with van der Waals surface area (Å²) in [5.41, 5.74) is -0.884. The second-order valence-electron chi connectivity index (χ2n) is 19.8. The number of hydrogen-bond donors (Lipinski definition) is 2. The molecule has 0 aromatic carbocycles. The Labute approximate surface area is 782 Å². The Morgan fingerprint density at radius 3 is 0.918 bits per heavy atom. The number of halogens is 2. The van der Waals surface area contributed by atoms with E-state index in [1.165, 1.54) is 126 Å². The Morgan fingerprint density at radius 2 is 0.776 bits per heavy atom. The number of nitrogens with one attached hydrogen (secondary N) is 2. The monoisotopic (exact) mass is 1920 g/mol. The molecule has 4 fully saturated rings. The number of carbonyl (C=O) groups is 3. The molecule has 0 spiro atoms. The summed E-state index contributed by atoms with van der Waals surface area (Å²) in [5.74, 6) is 0. The van der Waals surface area contributed by atoms with Gasteiger partial charge in [-0.3, -0.25) is 11.8 Å². The van der Waals surface area contributed by atoms with E-state index in [0.717, 1.165) is 103 Å². The molecular formula is C68H144B4Cl2N6O10S2Y6-12. The normalized spacial score (nSPS) is 14.8. The topological polar surface area (TPSA) is 201 Å². The molecule has 4 unspecified atom stereocenters. The number of urea groups is 1. The van der Waals surface area contributed by atoms with Gasteiger partial charge in [0.1, 0.15) is 9.05 Å². The van der Waals surface area contributed by atoms with Crippen LogP contribution in [0.3, 0.4) is 0 Å². The molecule has 0 aromatic heterocycles. The number of amides is 3. The molecule has 4 aliphatic rings. The van der Waals surface area contributed by atoms with Crippen LogP contribution in [0.4, 0.5) is 14.4 Å². The first-order chi connectivity index (χ1) is 39.6. The van der Waals surface area contributed by atoms with Crippen LogP contribution in [0.15, 0.2) is 4.99 Å². The summed E-state index contributed by atoms with van der Waals surface area (Å²) in [4.78, 5) is 46.5. The summed E-state index contributed by atoms with van der Waals surface area (Å²) in [6.07, 6.45) is 42.6. The average molecular weight is 1920 g/mol. The van der Waals surface area contributed by atoms with Gasteiger partial charge in [0, 0.05) is 285 Å². The van der Waals surface area contributed by atoms with E-state index < -0.39 is 24.5 Å². The largest absolute Gasteiger partial charge is 0.628 e. The minimum Gasteiger partial charge on any atom is -0.628 e. The van der Waals surface area contributed by atoms with Crippen LogP contribution in [-0.4, -0.2) is 139 Å². The standard InChI is InChI=1S/C8H15N2O.C8H14NO2.C7H14NO2S.C6H13N.6C5H11.C2H2ClO2.C2H2NO.CH2ClO2S.4CH4.4B.6Y/c1-7-5-3-4-6-10(7)8(11)9-2;1-7-5-3-4-6-9(7)8(10)11-2;1-7-5-3-4-6-8(7)11(2,9)10;1-6-4-2-3-5-7-6;6*1-3-5-4-2;1-5-2(3)4;1-3-2-4;1-5(2,3)4;;;;;;;;;;;;;;/h7H,2-6H2,1H3,(H,9,11);2*7H,2-6H2,1H3;6-7H,2-5H2,1H3;6*1,3-5H2,2H3;1H2;1H2;1H2;4*1H4;;;;;;;;;;/q3*-1;;9*-1;;;;;;;;;;;;;;. The number of sulfonamides is 1. The molecular weight excluding hydrogens is 1770 g/mol. The van der Waals surface area contributed by atoms with E-state index in [0.29, 0.717) is 18.6 Å². The number of rotatable bonds is 13. The van der Waals surface area contributed by atoms with Crippen LogP contribution in [0.2, 0.25) is 0 Å². The minimum atomic E-state index is -3.44. The van der Waals surface area contributed by atoms with Crippen molar-refractivity contribution in [2.24, 2.45) is 4.99 Å². The van der Waals surface area contributed by atoms with Crippen LogP contribution < -0.4 is 10.6 Å². The fraction of sp³-hybridized carbons (Fsp3) is 0.765. The van der Waals surface area contributed by atoms with E-state index in [1.807, 2.05) is 18.7 Å². The van der Waals surface area contributed by atoms with Crippen molar-refractivity contribution in [2.75, 3.05) is 26.2 Å². The zero-order valence-electron chi connectivity index (χ0n) is 61.1. The van der Waals surface area contributed by atoms with Gasteiger partial charge in [-0.2, -0.15) is 59.8 Å². The van der Waals surface area contributed by atoms with Crippen molar-refractivity contribution in [3.8, 4) is 0 Å². The maximum Gasteiger partial charge on any atom is 0.377 e. The molecule has 0 saturated carbocycles. The van der Waals surface area contributed by atoms with Gasteiger partial charge in [0.2, 0.25) is 0 Å². The van der Waals surface area contributed by atoms with Crippen molar-refractivity contribution < 1.29 is 242 Å². The number of likely N-dealkylation sites (tertiary alicyclic amines) is 2. The molecule has 4 aliphatic heterocycles. The van der Waals surface area contributed by atoms with E-state index in [9.17, 15) is 31.2 Å². The molecule has 0 aliphatic carbocycles. The molecule has 30 heteroatoms. The Balaban J connectivity index is -0.0000000297. The van der Waals surface area contributed by atoms with E-state index in [4.69, 9.17) is 4.79 Å². The number of ether oxygens (including phenoxy) is 2. The maximum atomic E-state index is 11.1. The van der Waals surface area contributed by atoms with Gasteiger partial charge in [-0.25, -0.2) is 43.2 Å². The Hall–Kier alpha value is 4.54. The summed E-state index contributed by atoms with van der Waals surface area (Å²) >= 11 is 4.54. The first-order valence-electron chi connectivity index (χ1n) is 30.7. The van der Waals surface area contributed by atoms with Gasteiger partial charge in [0.05, 0.1) is 10.0 Å². The van der Waals surface area contributed by atoms with Crippen LogP contribution in [0.5, 0.6) is 0 Å². The Morgan fingerprint density at radius 1 is 0.520 bits per heavy atom. The van der Waals surface area contributed by atoms with Crippen molar-refractivity contribution >= 4 is 98.6 Å². The second-order valence-corrected chi connectivity index (χ2v) is 24.2. The average Bonchev–Trinajstić information content (AvgIpc) is 3.45. The van der Waals surface area contributed by atoms with Crippen molar-refractivity contribution in [1.82, 2.24) is 24.7 Å². The molecule has 4 heterocycles. The minimum absolute atomic E-state index is 0. The first-order valence-corrected chi connectivity index (χ1v) is 35.2. The molecule has 0 aromatic rings. The van der Waals surface area contributed by atoms with Crippen LogP contribution in [0.1, 0.15) is 292 Å². The number of aliphatic imine (C=N–C) groups is 1. The van der Waals surface area contributed by atoms with Gasteiger partial charge in [-0.05, 0) is 115 Å². The number of isocyanates is 1. The predicted molar refractivity (Wildman–Crippen MR) is 412 cm³/mol. The summed E-state index contributed by atoms with van der Waals surface area (Å²) in [5, 5.41) is 5.78. The summed E-state index contributed by atoms with van der Waals surface area (Å²) < 4.78 is 50.1. The molecule has 2 N–H and O–H groups in total. The summed E-state index contributed by atoms with van der Waals surface area (Å²) in [6.45, 7) is 47.0. The van der Waals surface area contributed by atoms with Gasteiger partial charge in [-0.15, -0.1) is 0 Å². The van der Waals surface area contributed by atoms with Crippen LogP contribution in [0.25, 0.3) is 0 Å². The number of hydrogen-bond acceptors (Lipinski definition) is 12. The first kappa shape index (κ1) is 167. The van der Waals surface area contributed by atoms with Crippen LogP contribution in [-0.2, 0) is 230 Å². The third-order valence-electron chi connectivity index (χ3n) is 11.8. The van der Waals surface area contributed by atoms with Gasteiger partial charge in [0.25, 0.3) is 6.03 Å². The van der Waals surface area contributed by atoms with E-state index in [2.05, 4.69) is 185 Å². The molecule has 4 rings (SSSR count). The van der Waals surface area contributed by atoms with Crippen LogP contribution in [0, 0.1) is 82.4 Å². The number of unbranched alkanes of at least 4 members (excludes halogenated alkanes) is 12. The smallest absolute Gasteiger partial charge is 0.377 e. The molecule has 98 heavy (non-hydrogen) atoms. The van der Waals surface area contributed by atoms with Crippen molar-refractivity contribution in [3.63, 3.8) is 0 Å².